The number of benzene rings is 1. The first-order valence-electron chi connectivity index (χ1n) is 6.90. The Bertz CT molecular complexity index is 388. The molecular weight excluding hydrogens is 244 g/mol. The Hall–Kier alpha value is -0.570. The molecule has 0 aliphatic heterocycles. The molecule has 1 aromatic carbocycles. The highest BCUT2D eigenvalue weighted by Gasteiger charge is 2.26. The molecule has 0 amide bonds. The minimum Gasteiger partial charge on any atom is -0.311 e. The summed E-state index contributed by atoms with van der Waals surface area (Å²) in [6, 6.07) is 7.12. The van der Waals surface area contributed by atoms with E-state index in [9.17, 15) is 0 Å². The first-order valence-corrected chi connectivity index (χ1v) is 7.28. The van der Waals surface area contributed by atoms with E-state index >= 15 is 0 Å². The monoisotopic (exact) mass is 266 g/mol. The van der Waals surface area contributed by atoms with Crippen molar-refractivity contribution in [2.75, 3.05) is 19.6 Å². The summed E-state index contributed by atoms with van der Waals surface area (Å²) < 4.78 is 0. The van der Waals surface area contributed by atoms with Gasteiger partial charge in [0.25, 0.3) is 0 Å². The number of hydrogen-bond acceptors (Lipinski definition) is 2. The zero-order chi connectivity index (χ0) is 13.0. The molecule has 18 heavy (non-hydrogen) atoms. The van der Waals surface area contributed by atoms with E-state index in [0.717, 1.165) is 37.2 Å². The summed E-state index contributed by atoms with van der Waals surface area (Å²) >= 11 is 6.21. The maximum absolute atomic E-state index is 6.21. The summed E-state index contributed by atoms with van der Waals surface area (Å²) in [5.41, 5.74) is 2.41. The van der Waals surface area contributed by atoms with Crippen LogP contribution in [0.1, 0.15) is 30.9 Å². The van der Waals surface area contributed by atoms with Crippen LogP contribution in [0.2, 0.25) is 5.02 Å². The Labute approximate surface area is 115 Å². The summed E-state index contributed by atoms with van der Waals surface area (Å²) in [5, 5.41) is 4.36. The molecule has 1 saturated carbocycles. The minimum atomic E-state index is 0.861. The van der Waals surface area contributed by atoms with E-state index in [1.165, 1.54) is 24.0 Å². The highest BCUT2D eigenvalue weighted by molar-refractivity contribution is 6.31. The molecule has 0 spiro atoms. The molecule has 2 rings (SSSR count). The van der Waals surface area contributed by atoms with Crippen molar-refractivity contribution in [2.45, 2.75) is 39.3 Å². The van der Waals surface area contributed by atoms with Crippen LogP contribution in [0.3, 0.4) is 0 Å². The lowest BCUT2D eigenvalue weighted by atomic mass is 10.1. The van der Waals surface area contributed by atoms with Gasteiger partial charge in [-0.05, 0) is 43.5 Å². The van der Waals surface area contributed by atoms with Gasteiger partial charge in [-0.3, -0.25) is 4.90 Å². The molecule has 0 unspecified atom stereocenters. The lowest BCUT2D eigenvalue weighted by Crippen LogP contribution is -2.33. The number of nitrogens with zero attached hydrogens (tertiary/aromatic N) is 1. The lowest BCUT2D eigenvalue weighted by Gasteiger charge is -2.19. The van der Waals surface area contributed by atoms with Crippen LogP contribution in [0.25, 0.3) is 0 Å². The van der Waals surface area contributed by atoms with E-state index < -0.39 is 0 Å². The summed E-state index contributed by atoms with van der Waals surface area (Å²) in [6.45, 7) is 8.52. The standard InChI is InChI=1S/C15H23ClN2/c1-3-18(14-6-7-14)9-8-17-11-13-5-4-12(2)10-15(13)16/h4-5,10,14,17H,3,6-9,11H2,1-2H3. The zero-order valence-corrected chi connectivity index (χ0v) is 12.1. The molecule has 0 aromatic heterocycles. The van der Waals surface area contributed by atoms with Gasteiger partial charge in [0.05, 0.1) is 0 Å². The summed E-state index contributed by atoms with van der Waals surface area (Å²) in [4.78, 5) is 2.56. The van der Waals surface area contributed by atoms with Gasteiger partial charge < -0.3 is 5.32 Å². The fourth-order valence-electron chi connectivity index (χ4n) is 2.28. The number of nitrogens with one attached hydrogen (secondary N) is 1. The third-order valence-corrected chi connectivity index (χ3v) is 3.92. The molecule has 1 fully saturated rings. The topological polar surface area (TPSA) is 15.3 Å². The van der Waals surface area contributed by atoms with Crippen LogP contribution >= 0.6 is 11.6 Å². The van der Waals surface area contributed by atoms with Crippen LogP contribution in [-0.2, 0) is 6.54 Å². The van der Waals surface area contributed by atoms with Gasteiger partial charge in [0.2, 0.25) is 0 Å². The van der Waals surface area contributed by atoms with Gasteiger partial charge in [0.1, 0.15) is 0 Å². The van der Waals surface area contributed by atoms with Crippen LogP contribution in [-0.4, -0.2) is 30.6 Å². The second-order valence-corrected chi connectivity index (χ2v) is 5.54. The maximum Gasteiger partial charge on any atom is 0.0453 e. The second-order valence-electron chi connectivity index (χ2n) is 5.13. The normalized spacial score (nSPS) is 15.3. The van der Waals surface area contributed by atoms with Crippen molar-refractivity contribution < 1.29 is 0 Å². The van der Waals surface area contributed by atoms with Gasteiger partial charge in [-0.2, -0.15) is 0 Å². The van der Waals surface area contributed by atoms with Gasteiger partial charge in [0.15, 0.2) is 0 Å². The van der Waals surface area contributed by atoms with Gasteiger partial charge >= 0.3 is 0 Å². The van der Waals surface area contributed by atoms with Gasteiger partial charge in [0, 0.05) is 30.7 Å². The van der Waals surface area contributed by atoms with Crippen LogP contribution in [0.5, 0.6) is 0 Å². The summed E-state index contributed by atoms with van der Waals surface area (Å²) in [5.74, 6) is 0. The maximum atomic E-state index is 6.21. The number of likely N-dealkylation sites (N-methyl/N-ethyl adjacent to an activating group) is 1. The Morgan fingerprint density at radius 2 is 2.17 bits per heavy atom. The number of rotatable bonds is 7. The van der Waals surface area contributed by atoms with Crippen molar-refractivity contribution in [3.8, 4) is 0 Å². The fraction of sp³-hybridized carbons (Fsp3) is 0.600. The van der Waals surface area contributed by atoms with Crippen molar-refractivity contribution in [1.82, 2.24) is 10.2 Å². The molecule has 0 radical (unpaired) electrons. The van der Waals surface area contributed by atoms with Crippen LogP contribution in [0, 0.1) is 6.92 Å². The molecule has 0 bridgehead atoms. The van der Waals surface area contributed by atoms with E-state index in [1.54, 1.807) is 0 Å². The van der Waals surface area contributed by atoms with Crippen molar-refractivity contribution in [3.05, 3.63) is 34.3 Å². The van der Waals surface area contributed by atoms with E-state index in [4.69, 9.17) is 11.6 Å². The zero-order valence-electron chi connectivity index (χ0n) is 11.4. The molecule has 1 aliphatic rings. The van der Waals surface area contributed by atoms with E-state index in [-0.39, 0.29) is 0 Å². The lowest BCUT2D eigenvalue weighted by molar-refractivity contribution is 0.277. The molecule has 0 saturated heterocycles. The average Bonchev–Trinajstić information content (AvgIpc) is 3.16. The quantitative estimate of drug-likeness (QED) is 0.763. The molecule has 1 aliphatic carbocycles. The van der Waals surface area contributed by atoms with Crippen LogP contribution in [0.4, 0.5) is 0 Å². The number of aryl methyl sites for hydroxylation is 1. The molecule has 1 aromatic rings. The van der Waals surface area contributed by atoms with E-state index in [0.29, 0.717) is 0 Å². The molecule has 1 N–H and O–H groups in total. The Kier molecular flexibility index (Phi) is 5.04. The van der Waals surface area contributed by atoms with Crippen molar-refractivity contribution in [3.63, 3.8) is 0 Å². The molecular formula is C15H23ClN2. The predicted molar refractivity (Wildman–Crippen MR) is 78.2 cm³/mol. The summed E-state index contributed by atoms with van der Waals surface area (Å²) in [6.07, 6.45) is 2.77. The predicted octanol–water partition coefficient (Wildman–Crippen LogP) is 3.22. The Morgan fingerprint density at radius 1 is 1.39 bits per heavy atom. The Morgan fingerprint density at radius 3 is 2.78 bits per heavy atom. The first-order chi connectivity index (χ1) is 8.70. The second kappa shape index (κ2) is 6.55. The highest BCUT2D eigenvalue weighted by atomic mass is 35.5. The third kappa shape index (κ3) is 3.98. The van der Waals surface area contributed by atoms with Crippen LogP contribution < -0.4 is 5.32 Å². The minimum absolute atomic E-state index is 0.861. The molecule has 2 nitrogen and oxygen atoms in total. The average molecular weight is 267 g/mol. The van der Waals surface area contributed by atoms with E-state index in [1.807, 2.05) is 6.07 Å². The fourth-order valence-corrected chi connectivity index (χ4v) is 2.58. The summed E-state index contributed by atoms with van der Waals surface area (Å²) in [7, 11) is 0. The third-order valence-electron chi connectivity index (χ3n) is 3.57. The largest absolute Gasteiger partial charge is 0.311 e. The first kappa shape index (κ1) is 13.9. The van der Waals surface area contributed by atoms with E-state index in [2.05, 4.69) is 36.2 Å². The highest BCUT2D eigenvalue weighted by Crippen LogP contribution is 2.25. The van der Waals surface area contributed by atoms with Crippen LogP contribution in [0.15, 0.2) is 18.2 Å². The molecule has 100 valence electrons. The molecule has 0 atom stereocenters. The van der Waals surface area contributed by atoms with Gasteiger partial charge in [-0.25, -0.2) is 0 Å². The Balaban J connectivity index is 1.71. The van der Waals surface area contributed by atoms with Crippen molar-refractivity contribution in [2.24, 2.45) is 0 Å². The number of halogens is 1. The molecule has 3 heteroatoms. The smallest absolute Gasteiger partial charge is 0.0453 e. The van der Waals surface area contributed by atoms with Crippen molar-refractivity contribution in [1.29, 1.82) is 0 Å². The number of hydrogen-bond donors (Lipinski definition) is 1. The SMILES string of the molecule is CCN(CCNCc1ccc(C)cc1Cl)C1CC1. The van der Waals surface area contributed by atoms with Crippen molar-refractivity contribution >= 4 is 11.6 Å². The molecule has 0 heterocycles. The van der Waals surface area contributed by atoms with Gasteiger partial charge in [-0.15, -0.1) is 0 Å². The van der Waals surface area contributed by atoms with Gasteiger partial charge in [-0.1, -0.05) is 30.7 Å².